The first kappa shape index (κ1) is 13.8. The maximum atomic E-state index is 13.5. The second-order valence-corrected chi connectivity index (χ2v) is 6.47. The van der Waals surface area contributed by atoms with Gasteiger partial charge in [0.15, 0.2) is 0 Å². The minimum atomic E-state index is -0.171. The fourth-order valence-corrected chi connectivity index (χ4v) is 3.44. The topological polar surface area (TPSA) is 12.0 Å². The highest BCUT2D eigenvalue weighted by Gasteiger charge is 2.39. The van der Waals surface area contributed by atoms with E-state index in [0.717, 1.165) is 29.5 Å². The lowest BCUT2D eigenvalue weighted by molar-refractivity contribution is 0.273. The average Bonchev–Trinajstić information content (AvgIpc) is 2.39. The van der Waals surface area contributed by atoms with E-state index < -0.39 is 0 Å². The fraction of sp³-hybridized carbons (Fsp3) is 0.294. The standard InChI is InChI=1S/C17H17BrFN/c1-12-4-2-3-5-15(12)17(10-20-11-17)9-13-8-14(19)6-7-16(13)18/h2-8,20H,9-11H2,1H3. The molecule has 1 nitrogen and oxygen atoms in total. The first-order valence-corrected chi connectivity index (χ1v) is 7.61. The quantitative estimate of drug-likeness (QED) is 0.895. The monoisotopic (exact) mass is 333 g/mol. The zero-order valence-electron chi connectivity index (χ0n) is 11.4. The predicted octanol–water partition coefficient (Wildman–Crippen LogP) is 3.98. The summed E-state index contributed by atoms with van der Waals surface area (Å²) in [4.78, 5) is 0. The van der Waals surface area contributed by atoms with Crippen LogP contribution >= 0.6 is 15.9 Å². The van der Waals surface area contributed by atoms with Gasteiger partial charge in [-0.15, -0.1) is 0 Å². The molecule has 0 saturated carbocycles. The molecule has 0 radical (unpaired) electrons. The van der Waals surface area contributed by atoms with Crippen LogP contribution in [0.4, 0.5) is 4.39 Å². The van der Waals surface area contributed by atoms with Crippen molar-refractivity contribution in [2.45, 2.75) is 18.8 Å². The molecule has 0 aliphatic carbocycles. The predicted molar refractivity (Wildman–Crippen MR) is 83.5 cm³/mol. The van der Waals surface area contributed by atoms with Gasteiger partial charge in [0.2, 0.25) is 0 Å². The Balaban J connectivity index is 1.98. The van der Waals surface area contributed by atoms with Crippen LogP contribution < -0.4 is 5.32 Å². The molecule has 1 aliphatic heterocycles. The molecular weight excluding hydrogens is 317 g/mol. The van der Waals surface area contributed by atoms with E-state index in [9.17, 15) is 4.39 Å². The van der Waals surface area contributed by atoms with E-state index >= 15 is 0 Å². The van der Waals surface area contributed by atoms with Crippen molar-refractivity contribution in [3.8, 4) is 0 Å². The van der Waals surface area contributed by atoms with Crippen LogP contribution in [0, 0.1) is 12.7 Å². The van der Waals surface area contributed by atoms with E-state index in [1.54, 1.807) is 12.1 Å². The Morgan fingerprint density at radius 1 is 1.20 bits per heavy atom. The second kappa shape index (κ2) is 5.30. The average molecular weight is 334 g/mol. The number of nitrogens with one attached hydrogen (secondary N) is 1. The number of hydrogen-bond donors (Lipinski definition) is 1. The molecule has 1 aliphatic rings. The van der Waals surface area contributed by atoms with Gasteiger partial charge >= 0.3 is 0 Å². The van der Waals surface area contributed by atoms with Crippen LogP contribution in [0.1, 0.15) is 16.7 Å². The Kier molecular flexibility index (Phi) is 3.65. The van der Waals surface area contributed by atoms with Gasteiger partial charge in [-0.3, -0.25) is 0 Å². The van der Waals surface area contributed by atoms with Crippen molar-refractivity contribution in [3.05, 3.63) is 69.4 Å². The van der Waals surface area contributed by atoms with Gasteiger partial charge in [0.1, 0.15) is 5.82 Å². The second-order valence-electron chi connectivity index (χ2n) is 5.61. The summed E-state index contributed by atoms with van der Waals surface area (Å²) in [7, 11) is 0. The van der Waals surface area contributed by atoms with Gasteiger partial charge in [0, 0.05) is 23.0 Å². The molecule has 104 valence electrons. The highest BCUT2D eigenvalue weighted by molar-refractivity contribution is 9.10. The van der Waals surface area contributed by atoms with Crippen molar-refractivity contribution in [3.63, 3.8) is 0 Å². The van der Waals surface area contributed by atoms with E-state index in [2.05, 4.69) is 52.4 Å². The van der Waals surface area contributed by atoms with Crippen LogP contribution in [0.15, 0.2) is 46.9 Å². The molecule has 0 aromatic heterocycles. The van der Waals surface area contributed by atoms with Crippen LogP contribution in [0.2, 0.25) is 0 Å². The van der Waals surface area contributed by atoms with Crippen molar-refractivity contribution in [1.82, 2.24) is 5.32 Å². The molecular formula is C17H17BrFN. The van der Waals surface area contributed by atoms with Crippen LogP contribution in [-0.4, -0.2) is 13.1 Å². The number of halogens is 2. The Hall–Kier alpha value is -1.19. The van der Waals surface area contributed by atoms with Gasteiger partial charge in [-0.1, -0.05) is 40.2 Å². The van der Waals surface area contributed by atoms with E-state index in [1.165, 1.54) is 17.2 Å². The van der Waals surface area contributed by atoms with Crippen molar-refractivity contribution in [2.75, 3.05) is 13.1 Å². The van der Waals surface area contributed by atoms with Crippen LogP contribution in [-0.2, 0) is 11.8 Å². The van der Waals surface area contributed by atoms with Crippen molar-refractivity contribution < 1.29 is 4.39 Å². The number of aryl methyl sites for hydroxylation is 1. The molecule has 0 amide bonds. The van der Waals surface area contributed by atoms with Gasteiger partial charge in [0.05, 0.1) is 0 Å². The summed E-state index contributed by atoms with van der Waals surface area (Å²) < 4.78 is 14.5. The lowest BCUT2D eigenvalue weighted by Gasteiger charge is -2.44. The molecule has 0 bridgehead atoms. The molecule has 2 aromatic carbocycles. The lowest BCUT2D eigenvalue weighted by Crippen LogP contribution is -2.58. The van der Waals surface area contributed by atoms with Crippen LogP contribution in [0.25, 0.3) is 0 Å². The smallest absolute Gasteiger partial charge is 0.123 e. The number of hydrogen-bond acceptors (Lipinski definition) is 1. The molecule has 3 rings (SSSR count). The zero-order chi connectivity index (χ0) is 14.2. The van der Waals surface area contributed by atoms with E-state index in [-0.39, 0.29) is 11.2 Å². The molecule has 1 heterocycles. The first-order valence-electron chi connectivity index (χ1n) is 6.81. The van der Waals surface area contributed by atoms with Gasteiger partial charge in [-0.2, -0.15) is 0 Å². The molecule has 0 spiro atoms. The molecule has 1 saturated heterocycles. The summed E-state index contributed by atoms with van der Waals surface area (Å²) in [6.45, 7) is 4.04. The third-order valence-corrected chi connectivity index (χ3v) is 4.95. The number of rotatable bonds is 3. The van der Waals surface area contributed by atoms with E-state index in [1.807, 2.05) is 0 Å². The third kappa shape index (κ3) is 2.40. The lowest BCUT2D eigenvalue weighted by atomic mass is 9.69. The van der Waals surface area contributed by atoms with Crippen molar-refractivity contribution >= 4 is 15.9 Å². The summed E-state index contributed by atoms with van der Waals surface area (Å²) in [6, 6.07) is 13.4. The molecule has 0 unspecified atom stereocenters. The minimum Gasteiger partial charge on any atom is -0.315 e. The van der Waals surface area contributed by atoms with Crippen LogP contribution in [0.3, 0.4) is 0 Å². The van der Waals surface area contributed by atoms with Crippen LogP contribution in [0.5, 0.6) is 0 Å². The molecule has 20 heavy (non-hydrogen) atoms. The molecule has 2 aromatic rings. The number of benzene rings is 2. The normalized spacial score (nSPS) is 16.8. The molecule has 3 heteroatoms. The first-order chi connectivity index (χ1) is 9.61. The van der Waals surface area contributed by atoms with Crippen molar-refractivity contribution in [2.24, 2.45) is 0 Å². The Labute approximate surface area is 127 Å². The summed E-state index contributed by atoms with van der Waals surface area (Å²) in [5, 5.41) is 3.37. The molecule has 1 fully saturated rings. The molecule has 1 N–H and O–H groups in total. The van der Waals surface area contributed by atoms with Gasteiger partial charge in [0.25, 0.3) is 0 Å². The summed E-state index contributed by atoms with van der Waals surface area (Å²) in [5.74, 6) is -0.171. The summed E-state index contributed by atoms with van der Waals surface area (Å²) >= 11 is 3.54. The maximum Gasteiger partial charge on any atom is 0.123 e. The third-order valence-electron chi connectivity index (χ3n) is 4.18. The summed E-state index contributed by atoms with van der Waals surface area (Å²) in [6.07, 6.45) is 0.850. The fourth-order valence-electron chi connectivity index (χ4n) is 3.05. The Bertz CT molecular complexity index is 635. The zero-order valence-corrected chi connectivity index (χ0v) is 13.0. The largest absolute Gasteiger partial charge is 0.315 e. The summed E-state index contributed by atoms with van der Waals surface area (Å²) in [5.41, 5.74) is 3.80. The van der Waals surface area contributed by atoms with Gasteiger partial charge in [-0.05, 0) is 48.2 Å². The minimum absolute atomic E-state index is 0.0850. The Morgan fingerprint density at radius 2 is 1.95 bits per heavy atom. The van der Waals surface area contributed by atoms with E-state index in [0.29, 0.717) is 0 Å². The highest BCUT2D eigenvalue weighted by atomic mass is 79.9. The SMILES string of the molecule is Cc1ccccc1C1(Cc2cc(F)ccc2Br)CNC1. The highest BCUT2D eigenvalue weighted by Crippen LogP contribution is 2.36. The van der Waals surface area contributed by atoms with Crippen molar-refractivity contribution in [1.29, 1.82) is 0 Å². The Morgan fingerprint density at radius 3 is 2.60 bits per heavy atom. The van der Waals surface area contributed by atoms with Gasteiger partial charge in [-0.25, -0.2) is 4.39 Å². The van der Waals surface area contributed by atoms with E-state index in [4.69, 9.17) is 0 Å². The maximum absolute atomic E-state index is 13.5. The van der Waals surface area contributed by atoms with Gasteiger partial charge < -0.3 is 5.32 Å². The molecule has 0 atom stereocenters.